The lowest BCUT2D eigenvalue weighted by atomic mass is 10.1. The van der Waals surface area contributed by atoms with Gasteiger partial charge in [0.1, 0.15) is 0 Å². The van der Waals surface area contributed by atoms with Gasteiger partial charge in [-0.1, -0.05) is 35.9 Å². The third kappa shape index (κ3) is 4.37. The quantitative estimate of drug-likeness (QED) is 0.902. The monoisotopic (exact) mass is 365 g/mol. The maximum absolute atomic E-state index is 13.1. The Morgan fingerprint density at radius 3 is 2.70 bits per heavy atom. The zero-order chi connectivity index (χ0) is 19.6. The summed E-state index contributed by atoms with van der Waals surface area (Å²) in [5, 5.41) is 2.90. The van der Waals surface area contributed by atoms with E-state index in [0.717, 1.165) is 5.69 Å². The van der Waals surface area contributed by atoms with Crippen LogP contribution in [0.5, 0.6) is 0 Å². The van der Waals surface area contributed by atoms with Gasteiger partial charge in [-0.15, -0.1) is 0 Å². The molecule has 2 aromatic carbocycles. The van der Waals surface area contributed by atoms with Crippen molar-refractivity contribution >= 4 is 23.2 Å². The number of carbonyl (C=O) groups is 2. The lowest BCUT2D eigenvalue weighted by Crippen LogP contribution is -2.44. The van der Waals surface area contributed by atoms with Crippen LogP contribution in [0.4, 0.5) is 11.4 Å². The molecule has 5 nitrogen and oxygen atoms in total. The molecule has 1 aliphatic heterocycles. The van der Waals surface area contributed by atoms with Crippen LogP contribution in [0, 0.1) is 13.8 Å². The number of likely N-dealkylation sites (N-methyl/N-ethyl adjacent to an activating group) is 1. The normalized spacial score (nSPS) is 16.7. The molecule has 0 bridgehead atoms. The molecule has 1 heterocycles. The predicted molar refractivity (Wildman–Crippen MR) is 109 cm³/mol. The van der Waals surface area contributed by atoms with Crippen LogP contribution in [0.25, 0.3) is 0 Å². The van der Waals surface area contributed by atoms with E-state index >= 15 is 0 Å². The molecule has 0 saturated carbocycles. The summed E-state index contributed by atoms with van der Waals surface area (Å²) >= 11 is 0. The summed E-state index contributed by atoms with van der Waals surface area (Å²) in [5.74, 6) is -0.0624. The van der Waals surface area contributed by atoms with Gasteiger partial charge in [0.05, 0.1) is 17.9 Å². The molecular formula is C22H27N3O2. The molecule has 1 aliphatic rings. The zero-order valence-electron chi connectivity index (χ0n) is 16.5. The Labute approximate surface area is 161 Å². The minimum absolute atomic E-state index is 0.00119. The molecular weight excluding hydrogens is 338 g/mol. The van der Waals surface area contributed by atoms with Gasteiger partial charge in [0.15, 0.2) is 0 Å². The van der Waals surface area contributed by atoms with Crippen LogP contribution < -0.4 is 10.2 Å². The molecule has 0 fully saturated rings. The maximum Gasteiger partial charge on any atom is 0.241 e. The van der Waals surface area contributed by atoms with Crippen LogP contribution in [0.2, 0.25) is 0 Å². The number of nitrogens with one attached hydrogen (secondary N) is 1. The van der Waals surface area contributed by atoms with E-state index in [1.807, 2.05) is 43.1 Å². The number of para-hydroxylation sites is 2. The fourth-order valence-electron chi connectivity index (χ4n) is 3.64. The molecule has 5 heteroatoms. The number of hydrogen-bond donors (Lipinski definition) is 1. The van der Waals surface area contributed by atoms with E-state index in [1.54, 1.807) is 4.90 Å². The highest BCUT2D eigenvalue weighted by Crippen LogP contribution is 2.31. The molecule has 1 N–H and O–H groups in total. The number of rotatable bonds is 4. The van der Waals surface area contributed by atoms with Gasteiger partial charge in [0, 0.05) is 19.0 Å². The Morgan fingerprint density at radius 1 is 1.22 bits per heavy atom. The topological polar surface area (TPSA) is 52.7 Å². The number of fused-ring (bicyclic) bond motifs is 1. The van der Waals surface area contributed by atoms with Gasteiger partial charge >= 0.3 is 0 Å². The number of aryl methyl sites for hydroxylation is 2. The van der Waals surface area contributed by atoms with Crippen molar-refractivity contribution in [1.82, 2.24) is 4.90 Å². The van der Waals surface area contributed by atoms with E-state index in [9.17, 15) is 9.59 Å². The van der Waals surface area contributed by atoms with E-state index < -0.39 is 0 Å². The van der Waals surface area contributed by atoms with Crippen LogP contribution in [-0.2, 0) is 16.1 Å². The molecule has 142 valence electrons. The van der Waals surface area contributed by atoms with Crippen LogP contribution >= 0.6 is 0 Å². The number of benzene rings is 2. The highest BCUT2D eigenvalue weighted by molar-refractivity contribution is 6.04. The van der Waals surface area contributed by atoms with Gasteiger partial charge in [0.2, 0.25) is 11.8 Å². The van der Waals surface area contributed by atoms with E-state index in [4.69, 9.17) is 0 Å². The molecule has 0 saturated heterocycles. The molecule has 0 aliphatic carbocycles. The number of amides is 2. The zero-order valence-corrected chi connectivity index (χ0v) is 16.5. The van der Waals surface area contributed by atoms with Crippen LogP contribution in [-0.4, -0.2) is 36.3 Å². The van der Waals surface area contributed by atoms with Crippen LogP contribution in [0.15, 0.2) is 42.5 Å². The van der Waals surface area contributed by atoms with Crippen molar-refractivity contribution < 1.29 is 9.59 Å². The van der Waals surface area contributed by atoms with Crippen molar-refractivity contribution in [1.29, 1.82) is 0 Å². The SMILES string of the molecule is Cc1ccc(CN(C)CC(=O)N2c3ccccc3NC(=O)CC2C)c(C)c1. The fourth-order valence-corrected chi connectivity index (χ4v) is 3.64. The fraction of sp³-hybridized carbons (Fsp3) is 0.364. The Balaban J connectivity index is 1.77. The lowest BCUT2D eigenvalue weighted by Gasteiger charge is -2.30. The molecule has 2 aromatic rings. The second kappa shape index (κ2) is 7.92. The van der Waals surface area contributed by atoms with Crippen molar-refractivity contribution in [3.05, 3.63) is 59.2 Å². The molecule has 0 aromatic heterocycles. The maximum atomic E-state index is 13.1. The van der Waals surface area contributed by atoms with Gasteiger partial charge < -0.3 is 10.2 Å². The first-order valence-electron chi connectivity index (χ1n) is 9.30. The first-order chi connectivity index (χ1) is 12.8. The van der Waals surface area contributed by atoms with Crippen molar-refractivity contribution in [3.8, 4) is 0 Å². The minimum Gasteiger partial charge on any atom is -0.324 e. The summed E-state index contributed by atoms with van der Waals surface area (Å²) in [6.45, 7) is 7.10. The standard InChI is InChI=1S/C22H27N3O2/c1-15-9-10-18(16(2)11-15)13-24(4)14-22(27)25-17(3)12-21(26)23-19-7-5-6-8-20(19)25/h5-11,17H,12-14H2,1-4H3,(H,23,26). The smallest absolute Gasteiger partial charge is 0.241 e. The van der Waals surface area contributed by atoms with Crippen molar-refractivity contribution in [2.24, 2.45) is 0 Å². The summed E-state index contributed by atoms with van der Waals surface area (Å²) in [7, 11) is 1.95. The van der Waals surface area contributed by atoms with Gasteiger partial charge in [-0.3, -0.25) is 14.5 Å². The predicted octanol–water partition coefficient (Wildman–Crippen LogP) is 3.50. The molecule has 0 spiro atoms. The summed E-state index contributed by atoms with van der Waals surface area (Å²) in [6.07, 6.45) is 0.293. The lowest BCUT2D eigenvalue weighted by molar-refractivity contribution is -0.120. The Bertz CT molecular complexity index is 862. The average Bonchev–Trinajstić information content (AvgIpc) is 2.71. The third-order valence-electron chi connectivity index (χ3n) is 4.97. The Hall–Kier alpha value is -2.66. The molecule has 1 atom stereocenters. The highest BCUT2D eigenvalue weighted by Gasteiger charge is 2.29. The molecule has 27 heavy (non-hydrogen) atoms. The first-order valence-corrected chi connectivity index (χ1v) is 9.30. The van der Waals surface area contributed by atoms with E-state index in [2.05, 4.69) is 37.4 Å². The number of carbonyl (C=O) groups excluding carboxylic acids is 2. The second-order valence-corrected chi connectivity index (χ2v) is 7.48. The Morgan fingerprint density at radius 2 is 1.96 bits per heavy atom. The first kappa shape index (κ1) is 19.1. The molecule has 0 radical (unpaired) electrons. The van der Waals surface area contributed by atoms with E-state index in [-0.39, 0.29) is 17.9 Å². The summed E-state index contributed by atoms with van der Waals surface area (Å²) in [5.41, 5.74) is 5.15. The van der Waals surface area contributed by atoms with E-state index in [0.29, 0.717) is 25.2 Å². The van der Waals surface area contributed by atoms with Crippen molar-refractivity contribution in [3.63, 3.8) is 0 Å². The van der Waals surface area contributed by atoms with Gasteiger partial charge in [-0.2, -0.15) is 0 Å². The van der Waals surface area contributed by atoms with Crippen LogP contribution in [0.3, 0.4) is 0 Å². The van der Waals surface area contributed by atoms with Gasteiger partial charge in [-0.05, 0) is 51.1 Å². The van der Waals surface area contributed by atoms with Crippen molar-refractivity contribution in [2.75, 3.05) is 23.8 Å². The minimum atomic E-state index is -0.185. The van der Waals surface area contributed by atoms with Gasteiger partial charge in [-0.25, -0.2) is 0 Å². The molecule has 1 unspecified atom stereocenters. The Kier molecular flexibility index (Phi) is 5.61. The summed E-state index contributed by atoms with van der Waals surface area (Å²) in [4.78, 5) is 29.0. The summed E-state index contributed by atoms with van der Waals surface area (Å²) < 4.78 is 0. The highest BCUT2D eigenvalue weighted by atomic mass is 16.2. The number of anilines is 2. The second-order valence-electron chi connectivity index (χ2n) is 7.48. The largest absolute Gasteiger partial charge is 0.324 e. The average molecular weight is 365 g/mol. The molecule has 2 amide bonds. The summed E-state index contributed by atoms with van der Waals surface area (Å²) in [6, 6.07) is 13.7. The van der Waals surface area contributed by atoms with Crippen molar-refractivity contribution in [2.45, 2.75) is 39.8 Å². The number of hydrogen-bond acceptors (Lipinski definition) is 3. The van der Waals surface area contributed by atoms with E-state index in [1.165, 1.54) is 16.7 Å². The third-order valence-corrected chi connectivity index (χ3v) is 4.97. The molecule has 3 rings (SSSR count). The number of nitrogens with zero attached hydrogens (tertiary/aromatic N) is 2. The van der Waals surface area contributed by atoms with Gasteiger partial charge in [0.25, 0.3) is 0 Å². The van der Waals surface area contributed by atoms with Crippen LogP contribution in [0.1, 0.15) is 30.0 Å².